The maximum Gasteiger partial charge on any atom is 0.337 e. The predicted molar refractivity (Wildman–Crippen MR) is 85.7 cm³/mol. The second-order valence-electron chi connectivity index (χ2n) is 4.67. The lowest BCUT2D eigenvalue weighted by Gasteiger charge is -2.01. The molecule has 0 aliphatic heterocycles. The van der Waals surface area contributed by atoms with Crippen LogP contribution in [-0.4, -0.2) is 32.4 Å². The van der Waals surface area contributed by atoms with E-state index in [1.807, 2.05) is 30.3 Å². The van der Waals surface area contributed by atoms with Crippen molar-refractivity contribution in [3.63, 3.8) is 0 Å². The molecule has 0 fully saturated rings. The fourth-order valence-electron chi connectivity index (χ4n) is 1.89. The predicted octanol–water partition coefficient (Wildman–Crippen LogP) is 2.61. The van der Waals surface area contributed by atoms with Crippen molar-refractivity contribution in [2.24, 2.45) is 0 Å². The number of rotatable bonds is 4. The lowest BCUT2D eigenvalue weighted by Crippen LogP contribution is -1.99. The average molecular weight is 314 g/mol. The van der Waals surface area contributed by atoms with Crippen molar-refractivity contribution in [2.75, 3.05) is 6.61 Å². The quantitative estimate of drug-likeness (QED) is 0.773. The zero-order valence-electron chi connectivity index (χ0n) is 12.7. The topological polar surface area (TPSA) is 84.1 Å². The molecule has 2 heterocycles. The summed E-state index contributed by atoms with van der Waals surface area (Å²) in [6.45, 7) is 2.36. The molecule has 2 aromatic heterocycles. The molecule has 120 valence electrons. The van der Waals surface area contributed by atoms with Crippen molar-refractivity contribution in [1.29, 1.82) is 0 Å². The molecular weight excluding hydrogens is 296 g/mol. The van der Waals surface area contributed by atoms with Gasteiger partial charge in [-0.1, -0.05) is 30.3 Å². The van der Waals surface area contributed by atoms with Crippen LogP contribution in [0.3, 0.4) is 0 Å². The smallest absolute Gasteiger partial charge is 0.337 e. The molecule has 0 saturated heterocycles. The lowest BCUT2D eigenvalue weighted by molar-refractivity contribution is 0.0696. The summed E-state index contributed by atoms with van der Waals surface area (Å²) < 4.78 is 7.10. The molecule has 0 bridgehead atoms. The van der Waals surface area contributed by atoms with E-state index < -0.39 is 5.97 Å². The van der Waals surface area contributed by atoms with Crippen LogP contribution in [0, 0.1) is 0 Å². The Labute approximate surface area is 133 Å². The number of carboxylic acids is 1. The average Bonchev–Trinajstić information content (AvgIpc) is 2.96. The molecule has 0 unspecified atom stereocenters. The Morgan fingerprint density at radius 3 is 2.57 bits per heavy atom. The van der Waals surface area contributed by atoms with Crippen molar-refractivity contribution in [3.05, 3.63) is 65.9 Å². The van der Waals surface area contributed by atoms with Crippen LogP contribution in [-0.2, 0) is 6.61 Å². The molecule has 6 nitrogen and oxygen atoms in total. The first kappa shape index (κ1) is 16.5. The number of aromatic carboxylic acids is 1. The van der Waals surface area contributed by atoms with Gasteiger partial charge in [0.2, 0.25) is 5.88 Å². The molecule has 0 radical (unpaired) electrons. The summed E-state index contributed by atoms with van der Waals surface area (Å²) in [7, 11) is 0. The highest BCUT2D eigenvalue weighted by atomic mass is 16.5. The third-order valence-corrected chi connectivity index (χ3v) is 2.91. The van der Waals surface area contributed by atoms with Gasteiger partial charge in [-0.05, 0) is 24.6 Å². The van der Waals surface area contributed by atoms with Crippen LogP contribution < -0.4 is 4.74 Å². The molecule has 3 aromatic rings. The minimum atomic E-state index is -0.978. The summed E-state index contributed by atoms with van der Waals surface area (Å²) >= 11 is 0. The van der Waals surface area contributed by atoms with Gasteiger partial charge in [-0.25, -0.2) is 9.31 Å². The largest absolute Gasteiger partial charge is 0.478 e. The van der Waals surface area contributed by atoms with Gasteiger partial charge in [0.25, 0.3) is 0 Å². The Balaban J connectivity index is 0.000000595. The third kappa shape index (κ3) is 4.55. The van der Waals surface area contributed by atoms with E-state index >= 15 is 0 Å². The van der Waals surface area contributed by atoms with E-state index in [-0.39, 0.29) is 12.2 Å². The van der Waals surface area contributed by atoms with Crippen LogP contribution in [0.1, 0.15) is 22.8 Å². The van der Waals surface area contributed by atoms with Crippen LogP contribution in [0.15, 0.2) is 54.7 Å². The summed E-state index contributed by atoms with van der Waals surface area (Å²) in [5.41, 5.74) is 2.03. The molecule has 0 spiro atoms. The number of aliphatic hydroxyl groups excluding tert-OH is 1. The first-order valence-corrected chi connectivity index (χ1v) is 7.14. The van der Waals surface area contributed by atoms with Crippen molar-refractivity contribution in [2.45, 2.75) is 13.5 Å². The molecule has 0 amide bonds. The van der Waals surface area contributed by atoms with Gasteiger partial charge >= 0.3 is 5.97 Å². The minimum Gasteiger partial charge on any atom is -0.478 e. The van der Waals surface area contributed by atoms with Crippen molar-refractivity contribution in [3.8, 4) is 5.88 Å². The summed E-state index contributed by atoms with van der Waals surface area (Å²) in [4.78, 5) is 10.9. The summed E-state index contributed by atoms with van der Waals surface area (Å²) in [6, 6.07) is 14.8. The van der Waals surface area contributed by atoms with E-state index in [4.69, 9.17) is 14.9 Å². The molecule has 0 saturated carbocycles. The van der Waals surface area contributed by atoms with Crippen molar-refractivity contribution in [1.82, 2.24) is 9.61 Å². The Bertz CT molecular complexity index is 769. The van der Waals surface area contributed by atoms with Gasteiger partial charge < -0.3 is 14.9 Å². The monoisotopic (exact) mass is 314 g/mol. The van der Waals surface area contributed by atoms with Gasteiger partial charge in [-0.15, -0.1) is 5.10 Å². The fourth-order valence-corrected chi connectivity index (χ4v) is 1.89. The SMILES string of the molecule is CCO.O=C(O)c1ccc2cc(OCc3ccccc3)nn2c1. The normalized spacial score (nSPS) is 10.0. The zero-order chi connectivity index (χ0) is 16.7. The number of aliphatic hydroxyl groups is 1. The highest BCUT2D eigenvalue weighted by Gasteiger charge is 2.07. The first-order valence-electron chi connectivity index (χ1n) is 7.14. The lowest BCUT2D eigenvalue weighted by atomic mass is 10.2. The highest BCUT2D eigenvalue weighted by Crippen LogP contribution is 2.15. The Hall–Kier alpha value is -2.86. The molecule has 0 aliphatic rings. The van der Waals surface area contributed by atoms with Crippen LogP contribution in [0.25, 0.3) is 5.52 Å². The van der Waals surface area contributed by atoms with Crippen LogP contribution >= 0.6 is 0 Å². The molecular formula is C17H18N2O4. The van der Waals surface area contributed by atoms with E-state index in [0.29, 0.717) is 12.5 Å². The second kappa shape index (κ2) is 7.95. The summed E-state index contributed by atoms with van der Waals surface area (Å²) in [6.07, 6.45) is 1.47. The number of nitrogens with zero attached hydrogens (tertiary/aromatic N) is 2. The third-order valence-electron chi connectivity index (χ3n) is 2.91. The van der Waals surface area contributed by atoms with Gasteiger partial charge in [0.05, 0.1) is 11.1 Å². The van der Waals surface area contributed by atoms with E-state index in [1.165, 1.54) is 10.7 Å². The Morgan fingerprint density at radius 2 is 1.91 bits per heavy atom. The van der Waals surface area contributed by atoms with Gasteiger partial charge in [-0.2, -0.15) is 0 Å². The van der Waals surface area contributed by atoms with E-state index in [9.17, 15) is 4.79 Å². The number of ether oxygens (including phenoxy) is 1. The van der Waals surface area contributed by atoms with E-state index in [0.717, 1.165) is 11.1 Å². The standard InChI is InChI=1S/C15H12N2O3.C2H6O/c18-15(19)12-6-7-13-8-14(16-17(13)9-12)20-10-11-4-2-1-3-5-11;1-2-3/h1-9H,10H2,(H,18,19);3H,2H2,1H3. The molecule has 0 aliphatic carbocycles. The van der Waals surface area contributed by atoms with Crippen LogP contribution in [0.2, 0.25) is 0 Å². The Kier molecular flexibility index (Phi) is 5.71. The number of carbonyl (C=O) groups is 1. The van der Waals surface area contributed by atoms with Crippen LogP contribution in [0.4, 0.5) is 0 Å². The first-order chi connectivity index (χ1) is 11.1. The molecule has 3 rings (SSSR count). The summed E-state index contributed by atoms with van der Waals surface area (Å²) in [5, 5.41) is 20.7. The zero-order valence-corrected chi connectivity index (χ0v) is 12.7. The molecule has 23 heavy (non-hydrogen) atoms. The number of hydrogen-bond donors (Lipinski definition) is 2. The molecule has 2 N–H and O–H groups in total. The van der Waals surface area contributed by atoms with Crippen molar-refractivity contribution < 1.29 is 19.7 Å². The maximum atomic E-state index is 10.9. The number of benzene rings is 1. The summed E-state index contributed by atoms with van der Waals surface area (Å²) in [5.74, 6) is -0.509. The number of hydrogen-bond acceptors (Lipinski definition) is 4. The maximum absolute atomic E-state index is 10.9. The minimum absolute atomic E-state index is 0.190. The second-order valence-corrected chi connectivity index (χ2v) is 4.67. The number of fused-ring (bicyclic) bond motifs is 1. The van der Waals surface area contributed by atoms with Gasteiger partial charge in [0, 0.05) is 18.9 Å². The number of pyridine rings is 1. The number of aromatic nitrogens is 2. The van der Waals surface area contributed by atoms with E-state index in [2.05, 4.69) is 5.10 Å². The molecule has 6 heteroatoms. The van der Waals surface area contributed by atoms with E-state index in [1.54, 1.807) is 25.1 Å². The van der Waals surface area contributed by atoms with Gasteiger partial charge in [0.1, 0.15) is 6.61 Å². The van der Waals surface area contributed by atoms with Crippen LogP contribution in [0.5, 0.6) is 5.88 Å². The fraction of sp³-hybridized carbons (Fsp3) is 0.176. The molecule has 0 atom stereocenters. The van der Waals surface area contributed by atoms with Gasteiger partial charge in [-0.3, -0.25) is 0 Å². The highest BCUT2D eigenvalue weighted by molar-refractivity contribution is 5.87. The molecule has 1 aromatic carbocycles. The van der Waals surface area contributed by atoms with Gasteiger partial charge in [0.15, 0.2) is 0 Å². The van der Waals surface area contributed by atoms with Crippen molar-refractivity contribution >= 4 is 11.5 Å². The number of carboxylic acid groups (broad SMARTS) is 1. The Morgan fingerprint density at radius 1 is 1.22 bits per heavy atom.